The summed E-state index contributed by atoms with van der Waals surface area (Å²) in [5.74, 6) is 0.174. The number of piperidine rings is 1. The van der Waals surface area contributed by atoms with Crippen molar-refractivity contribution in [3.8, 4) is 0 Å². The largest absolute Gasteiger partial charge is 0.356 e. The van der Waals surface area contributed by atoms with Crippen molar-refractivity contribution < 1.29 is 9.59 Å². The molecule has 104 valence electrons. The first-order valence-corrected chi connectivity index (χ1v) is 6.93. The minimum absolute atomic E-state index is 0.0417. The molecule has 1 aliphatic rings. The first-order chi connectivity index (χ1) is 8.63. The maximum absolute atomic E-state index is 11.9. The first-order valence-electron chi connectivity index (χ1n) is 6.93. The molecule has 1 heterocycles. The number of hydrogen-bond acceptors (Lipinski definition) is 3. The summed E-state index contributed by atoms with van der Waals surface area (Å²) in [5, 5.41) is 2.81. The summed E-state index contributed by atoms with van der Waals surface area (Å²) < 4.78 is 0. The van der Waals surface area contributed by atoms with Gasteiger partial charge in [0, 0.05) is 38.5 Å². The minimum atomic E-state index is 0.0417. The second kappa shape index (κ2) is 8.08. The Morgan fingerprint density at radius 1 is 1.39 bits per heavy atom. The van der Waals surface area contributed by atoms with E-state index in [-0.39, 0.29) is 17.9 Å². The minimum Gasteiger partial charge on any atom is -0.356 e. The van der Waals surface area contributed by atoms with E-state index in [1.165, 1.54) is 0 Å². The second-order valence-corrected chi connectivity index (χ2v) is 4.95. The molecule has 5 heteroatoms. The van der Waals surface area contributed by atoms with E-state index in [0.717, 1.165) is 25.8 Å². The molecule has 0 bridgehead atoms. The van der Waals surface area contributed by atoms with Gasteiger partial charge in [0.1, 0.15) is 0 Å². The maximum Gasteiger partial charge on any atom is 0.222 e. The fraction of sp³-hybridized carbons (Fsp3) is 0.846. The maximum atomic E-state index is 11.9. The van der Waals surface area contributed by atoms with Gasteiger partial charge in [-0.05, 0) is 25.7 Å². The summed E-state index contributed by atoms with van der Waals surface area (Å²) in [4.78, 5) is 25.1. The second-order valence-electron chi connectivity index (χ2n) is 4.95. The third-order valence-corrected chi connectivity index (χ3v) is 3.18. The third kappa shape index (κ3) is 5.49. The molecule has 0 aromatic carbocycles. The van der Waals surface area contributed by atoms with E-state index in [1.54, 1.807) is 0 Å². The molecule has 0 saturated carbocycles. The average Bonchev–Trinajstić information content (AvgIpc) is 2.36. The van der Waals surface area contributed by atoms with Crippen LogP contribution in [0.25, 0.3) is 0 Å². The monoisotopic (exact) mass is 255 g/mol. The summed E-state index contributed by atoms with van der Waals surface area (Å²) in [5.41, 5.74) is 5.84. The van der Waals surface area contributed by atoms with E-state index in [2.05, 4.69) is 5.32 Å². The predicted molar refractivity (Wildman–Crippen MR) is 70.9 cm³/mol. The molecule has 0 aromatic rings. The van der Waals surface area contributed by atoms with Crippen molar-refractivity contribution in [1.29, 1.82) is 0 Å². The SMILES string of the molecule is CCCNC(=O)CCCC(=O)N1CCCC(N)C1. The van der Waals surface area contributed by atoms with E-state index < -0.39 is 0 Å². The Kier molecular flexibility index (Phi) is 6.72. The van der Waals surface area contributed by atoms with E-state index >= 15 is 0 Å². The molecule has 5 nitrogen and oxygen atoms in total. The fourth-order valence-electron chi connectivity index (χ4n) is 2.15. The van der Waals surface area contributed by atoms with Crippen LogP contribution >= 0.6 is 0 Å². The molecule has 1 saturated heterocycles. The van der Waals surface area contributed by atoms with Crippen molar-refractivity contribution in [3.63, 3.8) is 0 Å². The number of rotatable bonds is 6. The van der Waals surface area contributed by atoms with E-state index in [0.29, 0.717) is 32.4 Å². The molecule has 1 rings (SSSR count). The molecule has 0 radical (unpaired) electrons. The molecule has 1 aliphatic heterocycles. The van der Waals surface area contributed by atoms with Gasteiger partial charge in [-0.2, -0.15) is 0 Å². The van der Waals surface area contributed by atoms with Crippen molar-refractivity contribution in [1.82, 2.24) is 10.2 Å². The lowest BCUT2D eigenvalue weighted by Gasteiger charge is -2.30. The molecule has 18 heavy (non-hydrogen) atoms. The Labute approximate surface area is 109 Å². The molecular formula is C13H25N3O2. The van der Waals surface area contributed by atoms with Crippen LogP contribution in [0.4, 0.5) is 0 Å². The van der Waals surface area contributed by atoms with Gasteiger partial charge in [-0.3, -0.25) is 9.59 Å². The molecular weight excluding hydrogens is 230 g/mol. The number of carbonyl (C=O) groups is 2. The van der Waals surface area contributed by atoms with Crippen molar-refractivity contribution in [2.45, 2.75) is 51.5 Å². The third-order valence-electron chi connectivity index (χ3n) is 3.18. The highest BCUT2D eigenvalue weighted by atomic mass is 16.2. The highest BCUT2D eigenvalue weighted by molar-refractivity contribution is 5.79. The highest BCUT2D eigenvalue weighted by Crippen LogP contribution is 2.10. The van der Waals surface area contributed by atoms with Crippen LogP contribution in [-0.2, 0) is 9.59 Å². The van der Waals surface area contributed by atoms with Crippen molar-refractivity contribution in [2.24, 2.45) is 5.73 Å². The van der Waals surface area contributed by atoms with Crippen LogP contribution in [0.2, 0.25) is 0 Å². The Balaban J connectivity index is 2.14. The number of nitrogens with two attached hydrogens (primary N) is 1. The normalized spacial score (nSPS) is 19.7. The van der Waals surface area contributed by atoms with Gasteiger partial charge in [0.25, 0.3) is 0 Å². The lowest BCUT2D eigenvalue weighted by molar-refractivity contribution is -0.132. The summed E-state index contributed by atoms with van der Waals surface area (Å²) in [7, 11) is 0. The van der Waals surface area contributed by atoms with Crippen LogP contribution in [0.15, 0.2) is 0 Å². The van der Waals surface area contributed by atoms with Crippen LogP contribution in [0, 0.1) is 0 Å². The van der Waals surface area contributed by atoms with Gasteiger partial charge < -0.3 is 16.0 Å². The Morgan fingerprint density at radius 3 is 2.83 bits per heavy atom. The van der Waals surface area contributed by atoms with E-state index in [9.17, 15) is 9.59 Å². The lowest BCUT2D eigenvalue weighted by atomic mass is 10.1. The Hall–Kier alpha value is -1.10. The number of hydrogen-bond donors (Lipinski definition) is 2. The summed E-state index contributed by atoms with van der Waals surface area (Å²) in [6.07, 6.45) is 4.45. The van der Waals surface area contributed by atoms with E-state index in [1.807, 2.05) is 11.8 Å². The zero-order chi connectivity index (χ0) is 13.4. The lowest BCUT2D eigenvalue weighted by Crippen LogP contribution is -2.45. The van der Waals surface area contributed by atoms with Gasteiger partial charge in [0.05, 0.1) is 0 Å². The molecule has 1 fully saturated rings. The molecule has 0 aliphatic carbocycles. The topological polar surface area (TPSA) is 75.4 Å². The zero-order valence-electron chi connectivity index (χ0n) is 11.3. The number of nitrogens with zero attached hydrogens (tertiary/aromatic N) is 1. The number of amides is 2. The van der Waals surface area contributed by atoms with Crippen LogP contribution in [-0.4, -0.2) is 42.4 Å². The summed E-state index contributed by atoms with van der Waals surface area (Å²) in [6, 6.07) is 0.121. The van der Waals surface area contributed by atoms with Crippen LogP contribution in [0.5, 0.6) is 0 Å². The molecule has 0 spiro atoms. The summed E-state index contributed by atoms with van der Waals surface area (Å²) in [6.45, 7) is 4.21. The Morgan fingerprint density at radius 2 is 2.17 bits per heavy atom. The smallest absolute Gasteiger partial charge is 0.222 e. The molecule has 3 N–H and O–H groups in total. The molecule has 2 amide bonds. The van der Waals surface area contributed by atoms with Crippen LogP contribution in [0.1, 0.15) is 45.4 Å². The highest BCUT2D eigenvalue weighted by Gasteiger charge is 2.20. The summed E-state index contributed by atoms with van der Waals surface area (Å²) >= 11 is 0. The quantitative estimate of drug-likeness (QED) is 0.731. The van der Waals surface area contributed by atoms with E-state index in [4.69, 9.17) is 5.73 Å². The van der Waals surface area contributed by atoms with Crippen molar-refractivity contribution >= 4 is 11.8 Å². The van der Waals surface area contributed by atoms with Gasteiger partial charge in [0.15, 0.2) is 0 Å². The van der Waals surface area contributed by atoms with Gasteiger partial charge >= 0.3 is 0 Å². The number of likely N-dealkylation sites (tertiary alicyclic amines) is 1. The molecule has 1 atom stereocenters. The predicted octanol–water partition coefficient (Wildman–Crippen LogP) is 0.633. The number of carbonyl (C=O) groups excluding carboxylic acids is 2. The zero-order valence-corrected chi connectivity index (χ0v) is 11.3. The fourth-order valence-corrected chi connectivity index (χ4v) is 2.15. The van der Waals surface area contributed by atoms with Gasteiger partial charge in [-0.1, -0.05) is 6.92 Å². The number of nitrogens with one attached hydrogen (secondary N) is 1. The van der Waals surface area contributed by atoms with Gasteiger partial charge in [-0.25, -0.2) is 0 Å². The van der Waals surface area contributed by atoms with Crippen LogP contribution < -0.4 is 11.1 Å². The Bertz CT molecular complexity index is 281. The molecule has 1 unspecified atom stereocenters. The average molecular weight is 255 g/mol. The molecule has 0 aromatic heterocycles. The standard InChI is InChI=1S/C13H25N3O2/c1-2-8-15-12(17)6-3-7-13(18)16-9-4-5-11(14)10-16/h11H,2-10,14H2,1H3,(H,15,17). The van der Waals surface area contributed by atoms with Crippen molar-refractivity contribution in [2.75, 3.05) is 19.6 Å². The van der Waals surface area contributed by atoms with Gasteiger partial charge in [-0.15, -0.1) is 0 Å². The van der Waals surface area contributed by atoms with Crippen molar-refractivity contribution in [3.05, 3.63) is 0 Å². The first kappa shape index (κ1) is 15.0. The van der Waals surface area contributed by atoms with Gasteiger partial charge in [0.2, 0.25) is 11.8 Å². The van der Waals surface area contributed by atoms with Crippen LogP contribution in [0.3, 0.4) is 0 Å².